The summed E-state index contributed by atoms with van der Waals surface area (Å²) in [5, 5.41) is 4.49. The van der Waals surface area contributed by atoms with Crippen LogP contribution >= 0.6 is 0 Å². The summed E-state index contributed by atoms with van der Waals surface area (Å²) in [6, 6.07) is 9.73. The second-order valence-electron chi connectivity index (χ2n) is 3.98. The van der Waals surface area contributed by atoms with Crippen molar-refractivity contribution in [2.24, 2.45) is 0 Å². The Labute approximate surface area is 102 Å². The lowest BCUT2D eigenvalue weighted by molar-refractivity contribution is 0.602. The maximum Gasteiger partial charge on any atom is 0.181 e. The second kappa shape index (κ2) is 3.40. The lowest BCUT2D eigenvalue weighted by Gasteiger charge is -2.01. The van der Waals surface area contributed by atoms with Gasteiger partial charge in [0.25, 0.3) is 0 Å². The van der Waals surface area contributed by atoms with Crippen LogP contribution in [0.15, 0.2) is 53.5 Å². The quantitative estimate of drug-likeness (QED) is 0.509. The highest BCUT2D eigenvalue weighted by Crippen LogP contribution is 2.22. The van der Waals surface area contributed by atoms with E-state index in [2.05, 4.69) is 15.1 Å². The Morgan fingerprint density at radius 3 is 3.06 bits per heavy atom. The van der Waals surface area contributed by atoms with Crippen LogP contribution in [0.5, 0.6) is 0 Å². The van der Waals surface area contributed by atoms with E-state index in [9.17, 15) is 0 Å². The van der Waals surface area contributed by atoms with Crippen molar-refractivity contribution >= 4 is 16.7 Å². The Balaban J connectivity index is 1.93. The van der Waals surface area contributed by atoms with Crippen molar-refractivity contribution in [3.63, 3.8) is 0 Å². The first kappa shape index (κ1) is 9.35. The van der Waals surface area contributed by atoms with Gasteiger partial charge in [-0.15, -0.1) is 0 Å². The van der Waals surface area contributed by atoms with Gasteiger partial charge in [0.05, 0.1) is 5.69 Å². The van der Waals surface area contributed by atoms with Crippen LogP contribution in [0.3, 0.4) is 0 Å². The Morgan fingerprint density at radius 2 is 2.06 bits per heavy atom. The first-order valence-corrected chi connectivity index (χ1v) is 5.54. The van der Waals surface area contributed by atoms with Crippen molar-refractivity contribution in [2.45, 2.75) is 0 Å². The lowest BCUT2D eigenvalue weighted by Crippen LogP contribution is -1.92. The summed E-state index contributed by atoms with van der Waals surface area (Å²) in [4.78, 5) is 8.26. The van der Waals surface area contributed by atoms with Gasteiger partial charge < -0.3 is 4.42 Å². The molecule has 0 saturated heterocycles. The van der Waals surface area contributed by atoms with E-state index in [1.807, 2.05) is 36.5 Å². The number of aromatic nitrogens is 4. The Hall–Kier alpha value is -2.69. The van der Waals surface area contributed by atoms with E-state index in [1.54, 1.807) is 10.7 Å². The maximum absolute atomic E-state index is 5.29. The van der Waals surface area contributed by atoms with Crippen LogP contribution in [0, 0.1) is 0 Å². The summed E-state index contributed by atoms with van der Waals surface area (Å²) >= 11 is 0. The molecule has 0 aliphatic rings. The minimum absolute atomic E-state index is 0.764. The molecule has 0 radical (unpaired) electrons. The number of imidazole rings is 1. The molecule has 0 unspecified atom stereocenters. The molecule has 4 rings (SSSR count). The molecule has 86 valence electrons. The summed E-state index contributed by atoms with van der Waals surface area (Å²) in [7, 11) is 0. The van der Waals surface area contributed by atoms with E-state index in [-0.39, 0.29) is 0 Å². The van der Waals surface area contributed by atoms with Crippen molar-refractivity contribution in [1.29, 1.82) is 0 Å². The fourth-order valence-electron chi connectivity index (χ4n) is 1.98. The molecule has 0 aliphatic heterocycles. The topological polar surface area (TPSA) is 56.2 Å². The summed E-state index contributed by atoms with van der Waals surface area (Å²) < 4.78 is 7.04. The van der Waals surface area contributed by atoms with Gasteiger partial charge in [-0.2, -0.15) is 5.10 Å². The van der Waals surface area contributed by atoms with Gasteiger partial charge in [-0.1, -0.05) is 6.07 Å². The lowest BCUT2D eigenvalue weighted by atomic mass is 10.1. The number of benzene rings is 1. The van der Waals surface area contributed by atoms with Crippen LogP contribution in [0.2, 0.25) is 0 Å². The number of oxazole rings is 1. The maximum atomic E-state index is 5.29. The molecule has 0 N–H and O–H groups in total. The van der Waals surface area contributed by atoms with Crippen LogP contribution in [0.25, 0.3) is 28.0 Å². The summed E-state index contributed by atoms with van der Waals surface area (Å²) in [5.41, 5.74) is 4.32. The highest BCUT2D eigenvalue weighted by Gasteiger charge is 2.05. The van der Waals surface area contributed by atoms with Crippen molar-refractivity contribution in [1.82, 2.24) is 19.6 Å². The van der Waals surface area contributed by atoms with Gasteiger partial charge in [-0.05, 0) is 24.3 Å². The Kier molecular flexibility index (Phi) is 1.77. The monoisotopic (exact) mass is 236 g/mol. The number of fused-ring (bicyclic) bond motifs is 2. The van der Waals surface area contributed by atoms with E-state index in [4.69, 9.17) is 4.42 Å². The van der Waals surface area contributed by atoms with E-state index < -0.39 is 0 Å². The summed E-state index contributed by atoms with van der Waals surface area (Å²) in [6.07, 6.45) is 5.00. The van der Waals surface area contributed by atoms with Crippen LogP contribution in [0.1, 0.15) is 0 Å². The number of hydrogen-bond donors (Lipinski definition) is 0. The second-order valence-corrected chi connectivity index (χ2v) is 3.98. The van der Waals surface area contributed by atoms with Gasteiger partial charge in [0.15, 0.2) is 17.6 Å². The van der Waals surface area contributed by atoms with Gasteiger partial charge in [0.1, 0.15) is 5.52 Å². The predicted octanol–water partition coefficient (Wildman–Crippen LogP) is 2.54. The molecule has 0 amide bonds. The molecule has 3 aromatic heterocycles. The molecule has 0 aliphatic carbocycles. The molecule has 0 saturated carbocycles. The molecule has 0 spiro atoms. The Bertz CT molecular complexity index is 774. The highest BCUT2D eigenvalue weighted by molar-refractivity contribution is 5.78. The van der Waals surface area contributed by atoms with Crippen LogP contribution in [-0.4, -0.2) is 19.6 Å². The fourth-order valence-corrected chi connectivity index (χ4v) is 1.98. The molecule has 4 aromatic rings. The molecular weight excluding hydrogens is 228 g/mol. The first-order valence-electron chi connectivity index (χ1n) is 5.54. The van der Waals surface area contributed by atoms with E-state index in [0.717, 1.165) is 28.0 Å². The Morgan fingerprint density at radius 1 is 1.06 bits per heavy atom. The van der Waals surface area contributed by atoms with Crippen molar-refractivity contribution in [2.75, 3.05) is 0 Å². The smallest absolute Gasteiger partial charge is 0.181 e. The number of hydrogen-bond acceptors (Lipinski definition) is 4. The molecule has 0 fully saturated rings. The zero-order valence-electron chi connectivity index (χ0n) is 9.32. The van der Waals surface area contributed by atoms with Gasteiger partial charge in [0, 0.05) is 18.0 Å². The van der Waals surface area contributed by atoms with Crippen molar-refractivity contribution in [3.8, 4) is 11.3 Å². The zero-order valence-corrected chi connectivity index (χ0v) is 9.32. The predicted molar refractivity (Wildman–Crippen MR) is 66.0 cm³/mol. The standard InChI is InChI=1S/C13H8N4O/c1-2-11-12(18-8-15-11)7-9(1)10-3-4-13-14-5-6-17(13)16-10/h1-8H. The molecule has 1 aromatic carbocycles. The minimum Gasteiger partial charge on any atom is -0.443 e. The van der Waals surface area contributed by atoms with Gasteiger partial charge >= 0.3 is 0 Å². The first-order chi connectivity index (χ1) is 8.90. The minimum atomic E-state index is 0.764. The molecular formula is C13H8N4O. The van der Waals surface area contributed by atoms with E-state index in [0.29, 0.717) is 0 Å². The normalized spacial score (nSPS) is 11.3. The van der Waals surface area contributed by atoms with Crippen LogP contribution < -0.4 is 0 Å². The van der Waals surface area contributed by atoms with E-state index in [1.165, 1.54) is 6.39 Å². The molecule has 18 heavy (non-hydrogen) atoms. The van der Waals surface area contributed by atoms with E-state index >= 15 is 0 Å². The third kappa shape index (κ3) is 1.31. The van der Waals surface area contributed by atoms with Gasteiger partial charge in [0.2, 0.25) is 0 Å². The molecule has 5 nitrogen and oxygen atoms in total. The van der Waals surface area contributed by atoms with Crippen LogP contribution in [0.4, 0.5) is 0 Å². The molecule has 5 heteroatoms. The van der Waals surface area contributed by atoms with Gasteiger partial charge in [-0.3, -0.25) is 0 Å². The summed E-state index contributed by atoms with van der Waals surface area (Å²) in [5.74, 6) is 0. The zero-order chi connectivity index (χ0) is 11.9. The molecule has 0 bridgehead atoms. The van der Waals surface area contributed by atoms with Crippen LogP contribution in [-0.2, 0) is 0 Å². The third-order valence-corrected chi connectivity index (χ3v) is 2.88. The average Bonchev–Trinajstić information content (AvgIpc) is 3.05. The SMILES string of the molecule is c1cn2nc(-c3ccc4ncoc4c3)ccc2n1. The summed E-state index contributed by atoms with van der Waals surface area (Å²) in [6.45, 7) is 0. The molecule has 0 atom stereocenters. The average molecular weight is 236 g/mol. The number of rotatable bonds is 1. The van der Waals surface area contributed by atoms with Crippen molar-refractivity contribution in [3.05, 3.63) is 49.1 Å². The molecule has 3 heterocycles. The number of nitrogens with zero attached hydrogens (tertiary/aromatic N) is 4. The highest BCUT2D eigenvalue weighted by atomic mass is 16.3. The van der Waals surface area contributed by atoms with Gasteiger partial charge in [-0.25, -0.2) is 14.5 Å². The third-order valence-electron chi connectivity index (χ3n) is 2.88. The van der Waals surface area contributed by atoms with Crippen molar-refractivity contribution < 1.29 is 4.42 Å². The largest absolute Gasteiger partial charge is 0.443 e. The fraction of sp³-hybridized carbons (Fsp3) is 0.